The molecule has 0 aromatic rings. The molecule has 4 aliphatic heterocycles. The molecule has 0 aromatic carbocycles. The number of urea groups is 2. The number of nitrogens with zero attached hydrogens (tertiary/aromatic N) is 2. The molecule has 4 fully saturated rings. The first-order valence-electron chi connectivity index (χ1n) is 6.10. The first kappa shape index (κ1) is 10.4. The van der Waals surface area contributed by atoms with Crippen LogP contribution >= 0.6 is 0 Å². The van der Waals surface area contributed by atoms with Crippen LogP contribution in [0.5, 0.6) is 0 Å². The lowest BCUT2D eigenvalue weighted by Gasteiger charge is -2.21. The average molecular weight is 254 g/mol. The molecule has 4 saturated heterocycles. The Kier molecular flexibility index (Phi) is 2.01. The number of epoxide rings is 2. The number of amides is 4. The van der Waals surface area contributed by atoms with Gasteiger partial charge in [0.05, 0.1) is 38.5 Å². The van der Waals surface area contributed by atoms with E-state index in [0.717, 1.165) is 0 Å². The van der Waals surface area contributed by atoms with Gasteiger partial charge in [-0.1, -0.05) is 0 Å². The van der Waals surface area contributed by atoms with Crippen LogP contribution in [0.4, 0.5) is 9.59 Å². The van der Waals surface area contributed by atoms with Crippen LogP contribution in [0.1, 0.15) is 0 Å². The molecular weight excluding hydrogens is 240 g/mol. The van der Waals surface area contributed by atoms with E-state index < -0.39 is 0 Å². The molecule has 0 bridgehead atoms. The Labute approximate surface area is 103 Å². The molecule has 0 aliphatic carbocycles. The zero-order valence-corrected chi connectivity index (χ0v) is 9.67. The van der Waals surface area contributed by atoms with Crippen molar-refractivity contribution >= 4 is 12.1 Å². The number of rotatable bonds is 4. The summed E-state index contributed by atoms with van der Waals surface area (Å²) in [4.78, 5) is 27.0. The van der Waals surface area contributed by atoms with Gasteiger partial charge in [-0.2, -0.15) is 0 Å². The molecule has 8 heteroatoms. The number of ether oxygens (including phenoxy) is 2. The number of nitrogens with one attached hydrogen (secondary N) is 2. The van der Waals surface area contributed by atoms with Gasteiger partial charge in [-0.05, 0) is 0 Å². The van der Waals surface area contributed by atoms with Gasteiger partial charge in [0.25, 0.3) is 0 Å². The van der Waals surface area contributed by atoms with E-state index in [1.807, 2.05) is 0 Å². The lowest BCUT2D eigenvalue weighted by Crippen LogP contribution is -2.45. The SMILES string of the molecule is O=C1NC2C(N1)N(CC1CO1)C(=O)N2CC1CO1. The minimum Gasteiger partial charge on any atom is -0.371 e. The van der Waals surface area contributed by atoms with Crippen molar-refractivity contribution in [2.24, 2.45) is 0 Å². The maximum Gasteiger partial charge on any atom is 0.323 e. The quantitative estimate of drug-likeness (QED) is 0.597. The van der Waals surface area contributed by atoms with Gasteiger partial charge < -0.3 is 20.1 Å². The van der Waals surface area contributed by atoms with Crippen molar-refractivity contribution in [1.29, 1.82) is 0 Å². The molecule has 4 rings (SSSR count). The second kappa shape index (κ2) is 3.48. The van der Waals surface area contributed by atoms with Crippen LogP contribution in [-0.4, -0.2) is 72.7 Å². The van der Waals surface area contributed by atoms with Crippen LogP contribution in [0.15, 0.2) is 0 Å². The summed E-state index contributed by atoms with van der Waals surface area (Å²) < 4.78 is 10.3. The summed E-state index contributed by atoms with van der Waals surface area (Å²) in [6, 6.07) is -0.301. The maximum absolute atomic E-state index is 12.3. The van der Waals surface area contributed by atoms with Gasteiger partial charge in [-0.3, -0.25) is 9.80 Å². The molecule has 0 saturated carbocycles. The van der Waals surface area contributed by atoms with Crippen LogP contribution < -0.4 is 10.6 Å². The lowest BCUT2D eigenvalue weighted by molar-refractivity contribution is 0.170. The highest BCUT2D eigenvalue weighted by atomic mass is 16.6. The van der Waals surface area contributed by atoms with Gasteiger partial charge in [-0.25, -0.2) is 9.59 Å². The lowest BCUT2D eigenvalue weighted by atomic mass is 10.3. The molecule has 8 nitrogen and oxygen atoms in total. The van der Waals surface area contributed by atoms with Crippen LogP contribution in [-0.2, 0) is 9.47 Å². The van der Waals surface area contributed by atoms with E-state index in [1.165, 1.54) is 0 Å². The fourth-order valence-corrected chi connectivity index (χ4v) is 2.54. The number of carbonyl (C=O) groups is 2. The predicted molar refractivity (Wildman–Crippen MR) is 57.5 cm³/mol. The van der Waals surface area contributed by atoms with Gasteiger partial charge in [0.2, 0.25) is 0 Å². The van der Waals surface area contributed by atoms with Crippen LogP contribution in [0.3, 0.4) is 0 Å². The molecule has 0 spiro atoms. The van der Waals surface area contributed by atoms with E-state index >= 15 is 0 Å². The van der Waals surface area contributed by atoms with Crippen LogP contribution in [0, 0.1) is 0 Å². The summed E-state index contributed by atoms with van der Waals surface area (Å²) in [5.41, 5.74) is 0. The molecule has 4 aliphatic rings. The molecule has 4 unspecified atom stereocenters. The number of hydrogen-bond donors (Lipinski definition) is 2. The van der Waals surface area contributed by atoms with Gasteiger partial charge in [0, 0.05) is 0 Å². The Morgan fingerprint density at radius 2 is 1.44 bits per heavy atom. The average Bonchev–Trinajstić information content (AvgIpc) is 3.23. The van der Waals surface area contributed by atoms with E-state index in [-0.39, 0.29) is 36.6 Å². The van der Waals surface area contributed by atoms with E-state index in [4.69, 9.17) is 9.47 Å². The summed E-state index contributed by atoms with van der Waals surface area (Å²) in [5, 5.41) is 5.54. The summed E-state index contributed by atoms with van der Waals surface area (Å²) in [5.74, 6) is 0. The molecule has 0 aromatic heterocycles. The summed E-state index contributed by atoms with van der Waals surface area (Å²) in [6.07, 6.45) is -0.366. The molecule has 18 heavy (non-hydrogen) atoms. The van der Waals surface area contributed by atoms with Crippen molar-refractivity contribution in [1.82, 2.24) is 20.4 Å². The Morgan fingerprint density at radius 1 is 1.00 bits per heavy atom. The topological polar surface area (TPSA) is 89.7 Å². The van der Waals surface area contributed by atoms with Crippen molar-refractivity contribution in [3.8, 4) is 0 Å². The van der Waals surface area contributed by atoms with E-state index in [0.29, 0.717) is 26.3 Å². The third kappa shape index (κ3) is 1.60. The predicted octanol–water partition coefficient (Wildman–Crippen LogP) is -1.51. The number of fused-ring (bicyclic) bond motifs is 1. The van der Waals surface area contributed by atoms with Crippen LogP contribution in [0.25, 0.3) is 0 Å². The molecule has 2 N–H and O–H groups in total. The minimum absolute atomic E-state index is 0.0662. The zero-order chi connectivity index (χ0) is 12.3. The number of carbonyl (C=O) groups excluding carboxylic acids is 2. The normalized spacial score (nSPS) is 40.7. The summed E-state index contributed by atoms with van der Waals surface area (Å²) in [6.45, 7) is 2.44. The summed E-state index contributed by atoms with van der Waals surface area (Å²) in [7, 11) is 0. The van der Waals surface area contributed by atoms with Crippen molar-refractivity contribution in [2.75, 3.05) is 26.3 Å². The second-order valence-electron chi connectivity index (χ2n) is 5.01. The van der Waals surface area contributed by atoms with Gasteiger partial charge in [0.1, 0.15) is 12.3 Å². The first-order valence-corrected chi connectivity index (χ1v) is 6.10. The third-order valence-electron chi connectivity index (χ3n) is 3.63. The van der Waals surface area contributed by atoms with Crippen molar-refractivity contribution in [3.05, 3.63) is 0 Å². The Morgan fingerprint density at radius 3 is 1.83 bits per heavy atom. The fourth-order valence-electron chi connectivity index (χ4n) is 2.54. The monoisotopic (exact) mass is 254 g/mol. The highest BCUT2D eigenvalue weighted by Gasteiger charge is 2.53. The fraction of sp³-hybridized carbons (Fsp3) is 0.800. The largest absolute Gasteiger partial charge is 0.371 e. The molecule has 0 radical (unpaired) electrons. The van der Waals surface area contributed by atoms with Gasteiger partial charge in [0.15, 0.2) is 0 Å². The second-order valence-corrected chi connectivity index (χ2v) is 5.01. The summed E-state index contributed by atoms with van der Waals surface area (Å²) >= 11 is 0. The van der Waals surface area contributed by atoms with E-state index in [9.17, 15) is 9.59 Å². The highest BCUT2D eigenvalue weighted by Crippen LogP contribution is 2.27. The zero-order valence-electron chi connectivity index (χ0n) is 9.67. The third-order valence-corrected chi connectivity index (χ3v) is 3.63. The molecular formula is C10H14N4O4. The molecule has 4 amide bonds. The van der Waals surface area contributed by atoms with Crippen molar-refractivity contribution in [2.45, 2.75) is 24.5 Å². The maximum atomic E-state index is 12.3. The van der Waals surface area contributed by atoms with E-state index in [1.54, 1.807) is 9.80 Å². The Bertz CT molecular complexity index is 375. The minimum atomic E-state index is -0.298. The standard InChI is InChI=1S/C10H14N4O4/c15-9-11-7-8(12-9)14(2-6-4-18-6)10(16)13(7)1-5-3-17-5/h5-8H,1-4H2,(H2,11,12,15). The highest BCUT2D eigenvalue weighted by molar-refractivity contribution is 5.85. The smallest absolute Gasteiger partial charge is 0.323 e. The van der Waals surface area contributed by atoms with Gasteiger partial charge in [-0.15, -0.1) is 0 Å². The van der Waals surface area contributed by atoms with Crippen molar-refractivity contribution in [3.63, 3.8) is 0 Å². The van der Waals surface area contributed by atoms with Crippen LogP contribution in [0.2, 0.25) is 0 Å². The molecule has 98 valence electrons. The Balaban J connectivity index is 1.54. The first-order chi connectivity index (χ1) is 8.72. The van der Waals surface area contributed by atoms with E-state index in [2.05, 4.69) is 10.6 Å². The molecule has 4 atom stereocenters. The molecule has 4 heterocycles. The Hall–Kier alpha value is -1.54. The van der Waals surface area contributed by atoms with Crippen molar-refractivity contribution < 1.29 is 19.1 Å². The number of hydrogen-bond acceptors (Lipinski definition) is 4. The van der Waals surface area contributed by atoms with Gasteiger partial charge >= 0.3 is 12.1 Å².